The first-order valence-corrected chi connectivity index (χ1v) is 9.57. The maximum absolute atomic E-state index is 11.1. The van der Waals surface area contributed by atoms with Crippen LogP contribution in [-0.4, -0.2) is 30.0 Å². The van der Waals surface area contributed by atoms with Crippen molar-refractivity contribution < 1.29 is 19.4 Å². The van der Waals surface area contributed by atoms with Gasteiger partial charge in [-0.05, 0) is 39.2 Å². The predicted molar refractivity (Wildman–Crippen MR) is 101 cm³/mol. The molecule has 1 saturated heterocycles. The number of carbonyl (C=O) groups is 1. The number of carboxylic acid groups (broad SMARTS) is 1. The SMILES string of the molecule is COc1cc([C@@H]2N[C@@H](C(=O)O)CS2)cc(Br)c1OCc1ccccc1. The summed E-state index contributed by atoms with van der Waals surface area (Å²) in [5, 5.41) is 12.1. The fourth-order valence-electron chi connectivity index (χ4n) is 2.57. The summed E-state index contributed by atoms with van der Waals surface area (Å²) in [6, 6.07) is 13.2. The summed E-state index contributed by atoms with van der Waals surface area (Å²) in [4.78, 5) is 11.1. The third kappa shape index (κ3) is 4.29. The lowest BCUT2D eigenvalue weighted by molar-refractivity contribution is -0.138. The van der Waals surface area contributed by atoms with Crippen molar-refractivity contribution in [1.29, 1.82) is 0 Å². The number of carboxylic acids is 1. The van der Waals surface area contributed by atoms with E-state index >= 15 is 0 Å². The molecule has 5 nitrogen and oxygen atoms in total. The lowest BCUT2D eigenvalue weighted by Crippen LogP contribution is -2.33. The zero-order valence-electron chi connectivity index (χ0n) is 13.6. The molecule has 2 aromatic rings. The van der Waals surface area contributed by atoms with Crippen molar-refractivity contribution in [3.05, 3.63) is 58.1 Å². The number of benzene rings is 2. The Morgan fingerprint density at radius 2 is 2.12 bits per heavy atom. The van der Waals surface area contributed by atoms with Crippen molar-refractivity contribution in [1.82, 2.24) is 5.32 Å². The molecule has 0 aliphatic carbocycles. The maximum atomic E-state index is 11.1. The summed E-state index contributed by atoms with van der Waals surface area (Å²) in [6.07, 6.45) is 0. The number of ether oxygens (including phenoxy) is 2. The number of hydrogen-bond donors (Lipinski definition) is 2. The number of rotatable bonds is 6. The highest BCUT2D eigenvalue weighted by Crippen LogP contribution is 2.42. The Morgan fingerprint density at radius 3 is 2.76 bits per heavy atom. The summed E-state index contributed by atoms with van der Waals surface area (Å²) in [5.41, 5.74) is 2.02. The van der Waals surface area contributed by atoms with E-state index in [9.17, 15) is 4.79 Å². The van der Waals surface area contributed by atoms with E-state index in [0.29, 0.717) is 23.9 Å². The molecule has 2 aromatic carbocycles. The van der Waals surface area contributed by atoms with E-state index in [0.717, 1.165) is 15.6 Å². The molecule has 1 heterocycles. The molecule has 2 atom stereocenters. The van der Waals surface area contributed by atoms with Gasteiger partial charge in [-0.25, -0.2) is 0 Å². The van der Waals surface area contributed by atoms with Crippen LogP contribution in [0.4, 0.5) is 0 Å². The van der Waals surface area contributed by atoms with Gasteiger partial charge in [-0.2, -0.15) is 0 Å². The third-order valence-electron chi connectivity index (χ3n) is 3.86. The predicted octanol–water partition coefficient (Wildman–Crippen LogP) is 3.82. The zero-order chi connectivity index (χ0) is 17.8. The first-order chi connectivity index (χ1) is 12.1. The van der Waals surface area contributed by atoms with E-state index in [1.54, 1.807) is 18.9 Å². The van der Waals surface area contributed by atoms with Crippen LogP contribution in [0.3, 0.4) is 0 Å². The molecule has 0 saturated carbocycles. The zero-order valence-corrected chi connectivity index (χ0v) is 16.0. The van der Waals surface area contributed by atoms with E-state index in [1.807, 2.05) is 42.5 Å². The molecule has 7 heteroatoms. The molecule has 1 aliphatic rings. The van der Waals surface area contributed by atoms with Gasteiger partial charge < -0.3 is 14.6 Å². The molecule has 1 fully saturated rings. The summed E-state index contributed by atoms with van der Waals surface area (Å²) >= 11 is 5.11. The van der Waals surface area contributed by atoms with Crippen LogP contribution in [-0.2, 0) is 11.4 Å². The topological polar surface area (TPSA) is 67.8 Å². The molecule has 0 aromatic heterocycles. The minimum Gasteiger partial charge on any atom is -0.493 e. The molecule has 25 heavy (non-hydrogen) atoms. The first-order valence-electron chi connectivity index (χ1n) is 7.73. The van der Waals surface area contributed by atoms with Crippen LogP contribution in [0, 0.1) is 0 Å². The van der Waals surface area contributed by atoms with E-state index in [1.165, 1.54) is 0 Å². The Labute approximate surface area is 158 Å². The molecule has 0 amide bonds. The van der Waals surface area contributed by atoms with Crippen molar-refractivity contribution in [2.75, 3.05) is 12.9 Å². The van der Waals surface area contributed by atoms with Gasteiger partial charge in [0.1, 0.15) is 12.6 Å². The minimum atomic E-state index is -0.830. The van der Waals surface area contributed by atoms with Gasteiger partial charge in [0.15, 0.2) is 11.5 Å². The molecule has 0 unspecified atom stereocenters. The van der Waals surface area contributed by atoms with Crippen molar-refractivity contribution in [2.45, 2.75) is 18.0 Å². The lowest BCUT2D eigenvalue weighted by Gasteiger charge is -2.17. The van der Waals surface area contributed by atoms with Gasteiger partial charge in [0.2, 0.25) is 0 Å². The Morgan fingerprint density at radius 1 is 1.36 bits per heavy atom. The smallest absolute Gasteiger partial charge is 0.321 e. The molecule has 3 rings (SSSR count). The highest BCUT2D eigenvalue weighted by Gasteiger charge is 2.31. The molecular formula is C18H18BrNO4S. The number of hydrogen-bond acceptors (Lipinski definition) is 5. The molecule has 1 aliphatic heterocycles. The largest absolute Gasteiger partial charge is 0.493 e. The number of thioether (sulfide) groups is 1. The summed E-state index contributed by atoms with van der Waals surface area (Å²) < 4.78 is 12.2. The molecule has 0 radical (unpaired) electrons. The second-order valence-electron chi connectivity index (χ2n) is 5.58. The van der Waals surface area contributed by atoms with Gasteiger partial charge in [0, 0.05) is 5.75 Å². The minimum absolute atomic E-state index is 0.0885. The second kappa shape index (κ2) is 8.12. The third-order valence-corrected chi connectivity index (χ3v) is 5.72. The number of nitrogens with one attached hydrogen (secondary N) is 1. The van der Waals surface area contributed by atoms with Gasteiger partial charge in [0.05, 0.1) is 17.0 Å². The Hall–Kier alpha value is -1.70. The summed E-state index contributed by atoms with van der Waals surface area (Å²) in [6.45, 7) is 0.437. The van der Waals surface area contributed by atoms with Crippen LogP contribution in [0.2, 0.25) is 0 Å². The average molecular weight is 424 g/mol. The van der Waals surface area contributed by atoms with Gasteiger partial charge in [-0.1, -0.05) is 30.3 Å². The number of methoxy groups -OCH3 is 1. The van der Waals surface area contributed by atoms with Crippen molar-refractivity contribution in [3.63, 3.8) is 0 Å². The van der Waals surface area contributed by atoms with Crippen molar-refractivity contribution >= 4 is 33.7 Å². The standard InChI is InChI=1S/C18H18BrNO4S/c1-23-15-8-12(17-20-14(10-25-17)18(21)22)7-13(19)16(15)24-9-11-5-3-2-4-6-11/h2-8,14,17,20H,9-10H2,1H3,(H,21,22)/t14-,17-/m1/s1. The normalized spacial score (nSPS) is 19.6. The summed E-state index contributed by atoms with van der Waals surface area (Å²) in [7, 11) is 1.59. The Kier molecular flexibility index (Phi) is 5.88. The molecule has 0 bridgehead atoms. The monoisotopic (exact) mass is 423 g/mol. The fraction of sp³-hybridized carbons (Fsp3) is 0.278. The van der Waals surface area contributed by atoms with E-state index in [4.69, 9.17) is 14.6 Å². The van der Waals surface area contributed by atoms with E-state index in [2.05, 4.69) is 21.2 Å². The lowest BCUT2D eigenvalue weighted by atomic mass is 10.2. The average Bonchev–Trinajstić information content (AvgIpc) is 3.11. The van der Waals surface area contributed by atoms with Gasteiger partial charge >= 0.3 is 5.97 Å². The Bertz CT molecular complexity index is 756. The second-order valence-corrected chi connectivity index (χ2v) is 7.57. The van der Waals surface area contributed by atoms with Crippen LogP contribution in [0.25, 0.3) is 0 Å². The first kappa shape index (κ1) is 18.1. The van der Waals surface area contributed by atoms with E-state index in [-0.39, 0.29) is 5.37 Å². The van der Waals surface area contributed by atoms with Crippen molar-refractivity contribution in [3.8, 4) is 11.5 Å². The quantitative estimate of drug-likeness (QED) is 0.735. The van der Waals surface area contributed by atoms with Crippen LogP contribution in [0.15, 0.2) is 46.9 Å². The maximum Gasteiger partial charge on any atom is 0.321 e. The van der Waals surface area contributed by atoms with Gasteiger partial charge in [-0.3, -0.25) is 10.1 Å². The molecule has 2 N–H and O–H groups in total. The van der Waals surface area contributed by atoms with Crippen LogP contribution in [0.5, 0.6) is 11.5 Å². The summed E-state index contributed by atoms with van der Waals surface area (Å²) in [5.74, 6) is 0.949. The Balaban J connectivity index is 1.78. The number of aliphatic carboxylic acids is 1. The molecule has 0 spiro atoms. The highest BCUT2D eigenvalue weighted by atomic mass is 79.9. The van der Waals surface area contributed by atoms with E-state index < -0.39 is 12.0 Å². The van der Waals surface area contributed by atoms with Gasteiger partial charge in [-0.15, -0.1) is 11.8 Å². The number of halogens is 1. The molecular weight excluding hydrogens is 406 g/mol. The fourth-order valence-corrected chi connectivity index (χ4v) is 4.35. The molecule has 132 valence electrons. The van der Waals surface area contributed by atoms with Crippen LogP contribution < -0.4 is 14.8 Å². The van der Waals surface area contributed by atoms with Crippen molar-refractivity contribution in [2.24, 2.45) is 0 Å². The van der Waals surface area contributed by atoms with Crippen LogP contribution >= 0.6 is 27.7 Å². The van der Waals surface area contributed by atoms with Gasteiger partial charge in [0.25, 0.3) is 0 Å². The highest BCUT2D eigenvalue weighted by molar-refractivity contribution is 9.10. The van der Waals surface area contributed by atoms with Crippen LogP contribution in [0.1, 0.15) is 16.5 Å².